The maximum atomic E-state index is 12.4. The smallest absolute Gasteiger partial charge is 0.236 e. The quantitative estimate of drug-likeness (QED) is 0.851. The van der Waals surface area contributed by atoms with Gasteiger partial charge in [0.05, 0.1) is 17.3 Å². The van der Waals surface area contributed by atoms with Crippen LogP contribution in [-0.2, 0) is 21.1 Å². The third kappa shape index (κ3) is 3.43. The second kappa shape index (κ2) is 6.01. The van der Waals surface area contributed by atoms with E-state index in [1.807, 2.05) is 23.1 Å². The van der Waals surface area contributed by atoms with Gasteiger partial charge >= 0.3 is 0 Å². The zero-order valence-corrected chi connectivity index (χ0v) is 13.5. The Morgan fingerprint density at radius 2 is 2.14 bits per heavy atom. The Balaban J connectivity index is 1.62. The van der Waals surface area contributed by atoms with Crippen LogP contribution in [0.1, 0.15) is 18.4 Å². The van der Waals surface area contributed by atoms with Crippen LogP contribution in [0.5, 0.6) is 0 Å². The number of benzene rings is 1. The number of amides is 1. The van der Waals surface area contributed by atoms with Crippen LogP contribution in [0.25, 0.3) is 0 Å². The number of nitrogens with zero attached hydrogens (tertiary/aromatic N) is 1. The normalized spacial score (nSPS) is 23.8. The molecule has 1 unspecified atom stereocenters. The third-order valence-electron chi connectivity index (χ3n) is 4.04. The average Bonchev–Trinajstić information content (AvgIpc) is 2.83. The Hall–Kier alpha value is -1.01. The number of sulfone groups is 1. The fourth-order valence-electron chi connectivity index (χ4n) is 2.95. The molecule has 1 saturated heterocycles. The summed E-state index contributed by atoms with van der Waals surface area (Å²) in [5.41, 5.74) is 2.25. The highest BCUT2D eigenvalue weighted by Crippen LogP contribution is 2.29. The van der Waals surface area contributed by atoms with Gasteiger partial charge in [0, 0.05) is 17.5 Å². The van der Waals surface area contributed by atoms with E-state index in [2.05, 4.69) is 6.07 Å². The molecule has 0 aromatic heterocycles. The van der Waals surface area contributed by atoms with E-state index < -0.39 is 9.84 Å². The Labute approximate surface area is 129 Å². The van der Waals surface area contributed by atoms with Gasteiger partial charge in [-0.15, -0.1) is 11.8 Å². The maximum absolute atomic E-state index is 12.4. The van der Waals surface area contributed by atoms with E-state index in [-0.39, 0.29) is 22.7 Å². The van der Waals surface area contributed by atoms with Gasteiger partial charge in [0.1, 0.15) is 0 Å². The highest BCUT2D eigenvalue weighted by Gasteiger charge is 2.29. The molecule has 1 aromatic rings. The minimum atomic E-state index is -2.86. The molecule has 3 rings (SSSR count). The number of aryl methyl sites for hydroxylation is 1. The number of fused-ring (bicyclic) bond motifs is 1. The number of hydrogen-bond acceptors (Lipinski definition) is 4. The molecule has 0 bridgehead atoms. The summed E-state index contributed by atoms with van der Waals surface area (Å²) in [6.45, 7) is 0.763. The molecule has 21 heavy (non-hydrogen) atoms. The molecule has 1 fully saturated rings. The van der Waals surface area contributed by atoms with Gasteiger partial charge in [0.15, 0.2) is 9.84 Å². The molecular weight excluding hydrogens is 306 g/mol. The van der Waals surface area contributed by atoms with Crippen LogP contribution in [0, 0.1) is 0 Å². The van der Waals surface area contributed by atoms with Crippen molar-refractivity contribution in [2.45, 2.75) is 24.5 Å². The summed E-state index contributed by atoms with van der Waals surface area (Å²) in [6.07, 6.45) is 2.69. The van der Waals surface area contributed by atoms with Crippen molar-refractivity contribution in [3.05, 3.63) is 29.8 Å². The van der Waals surface area contributed by atoms with Crippen LogP contribution in [-0.4, -0.2) is 43.4 Å². The average molecular weight is 325 g/mol. The fourth-order valence-corrected chi connectivity index (χ4v) is 6.47. The van der Waals surface area contributed by atoms with Crippen LogP contribution in [0.4, 0.5) is 5.69 Å². The molecule has 2 aliphatic heterocycles. The number of carbonyl (C=O) groups excluding carboxylic acids is 1. The van der Waals surface area contributed by atoms with Crippen molar-refractivity contribution >= 4 is 33.2 Å². The number of anilines is 1. The van der Waals surface area contributed by atoms with E-state index in [4.69, 9.17) is 0 Å². The Bertz CT molecular complexity index is 642. The lowest BCUT2D eigenvalue weighted by molar-refractivity contribution is -0.116. The SMILES string of the molecule is O=C(CSC1CCS(=O)(=O)C1)N1CCCc2ccccc21. The van der Waals surface area contributed by atoms with Crippen LogP contribution >= 0.6 is 11.8 Å². The lowest BCUT2D eigenvalue weighted by Crippen LogP contribution is -2.37. The summed E-state index contributed by atoms with van der Waals surface area (Å²) in [4.78, 5) is 14.3. The lowest BCUT2D eigenvalue weighted by atomic mass is 10.0. The number of para-hydroxylation sites is 1. The summed E-state index contributed by atoms with van der Waals surface area (Å²) in [5, 5.41) is 0.0824. The van der Waals surface area contributed by atoms with Gasteiger partial charge in [-0.1, -0.05) is 18.2 Å². The van der Waals surface area contributed by atoms with Crippen LogP contribution in [0.15, 0.2) is 24.3 Å². The summed E-state index contributed by atoms with van der Waals surface area (Å²) in [6, 6.07) is 8.04. The predicted octanol–water partition coefficient (Wildman–Crippen LogP) is 1.89. The number of thioether (sulfide) groups is 1. The van der Waals surface area contributed by atoms with E-state index in [9.17, 15) is 13.2 Å². The van der Waals surface area contributed by atoms with Gasteiger partial charge in [-0.2, -0.15) is 0 Å². The van der Waals surface area contributed by atoms with Gasteiger partial charge < -0.3 is 4.90 Å². The first-order chi connectivity index (χ1) is 10.1. The first-order valence-electron chi connectivity index (χ1n) is 7.25. The van der Waals surface area contributed by atoms with Crippen molar-refractivity contribution in [1.82, 2.24) is 0 Å². The highest BCUT2D eigenvalue weighted by molar-refractivity contribution is 8.02. The lowest BCUT2D eigenvalue weighted by Gasteiger charge is -2.29. The first-order valence-corrected chi connectivity index (χ1v) is 10.1. The van der Waals surface area contributed by atoms with Gasteiger partial charge in [0.25, 0.3) is 0 Å². The molecular formula is C15H19NO3S2. The molecule has 1 amide bonds. The van der Waals surface area contributed by atoms with Crippen molar-refractivity contribution in [2.24, 2.45) is 0 Å². The fraction of sp³-hybridized carbons (Fsp3) is 0.533. The predicted molar refractivity (Wildman–Crippen MR) is 86.6 cm³/mol. The first kappa shape index (κ1) is 14.9. The van der Waals surface area contributed by atoms with Gasteiger partial charge in [-0.3, -0.25) is 4.79 Å². The summed E-state index contributed by atoms with van der Waals surface area (Å²) >= 11 is 1.49. The second-order valence-electron chi connectivity index (χ2n) is 5.61. The van der Waals surface area contributed by atoms with Crippen LogP contribution < -0.4 is 4.90 Å². The van der Waals surface area contributed by atoms with Crippen molar-refractivity contribution in [1.29, 1.82) is 0 Å². The summed E-state index contributed by atoms with van der Waals surface area (Å²) in [7, 11) is -2.86. The molecule has 0 spiro atoms. The number of carbonyl (C=O) groups is 1. The molecule has 2 heterocycles. The number of hydrogen-bond donors (Lipinski definition) is 0. The van der Waals surface area contributed by atoms with Gasteiger partial charge in [-0.05, 0) is 30.9 Å². The highest BCUT2D eigenvalue weighted by atomic mass is 32.2. The minimum Gasteiger partial charge on any atom is -0.311 e. The van der Waals surface area contributed by atoms with Crippen molar-refractivity contribution in [3.8, 4) is 0 Å². The monoisotopic (exact) mass is 325 g/mol. The molecule has 1 aromatic carbocycles. The molecule has 114 valence electrons. The molecule has 0 saturated carbocycles. The third-order valence-corrected chi connectivity index (χ3v) is 7.31. The largest absolute Gasteiger partial charge is 0.311 e. The van der Waals surface area contributed by atoms with Gasteiger partial charge in [-0.25, -0.2) is 8.42 Å². The summed E-state index contributed by atoms with van der Waals surface area (Å²) < 4.78 is 22.9. The van der Waals surface area contributed by atoms with E-state index in [1.165, 1.54) is 17.3 Å². The van der Waals surface area contributed by atoms with E-state index in [0.717, 1.165) is 25.1 Å². The Morgan fingerprint density at radius 1 is 1.33 bits per heavy atom. The molecule has 6 heteroatoms. The van der Waals surface area contributed by atoms with Gasteiger partial charge in [0.2, 0.25) is 5.91 Å². The molecule has 4 nitrogen and oxygen atoms in total. The topological polar surface area (TPSA) is 54.5 Å². The second-order valence-corrected chi connectivity index (χ2v) is 9.13. The van der Waals surface area contributed by atoms with Crippen molar-refractivity contribution in [2.75, 3.05) is 28.7 Å². The van der Waals surface area contributed by atoms with E-state index in [1.54, 1.807) is 0 Å². The van der Waals surface area contributed by atoms with Crippen LogP contribution in [0.2, 0.25) is 0 Å². The molecule has 0 aliphatic carbocycles. The van der Waals surface area contributed by atoms with E-state index >= 15 is 0 Å². The molecule has 2 aliphatic rings. The zero-order chi connectivity index (χ0) is 14.9. The standard InChI is InChI=1S/C15H19NO3S2/c17-15(10-20-13-7-9-21(18,19)11-13)16-8-3-5-12-4-1-2-6-14(12)16/h1-2,4,6,13H,3,5,7-11H2. The molecule has 0 radical (unpaired) electrons. The van der Waals surface area contributed by atoms with Crippen molar-refractivity contribution < 1.29 is 13.2 Å². The summed E-state index contributed by atoms with van der Waals surface area (Å²) in [5.74, 6) is 0.956. The molecule has 1 atom stereocenters. The van der Waals surface area contributed by atoms with E-state index in [0.29, 0.717) is 12.2 Å². The minimum absolute atomic E-state index is 0.0824. The maximum Gasteiger partial charge on any atom is 0.236 e. The Morgan fingerprint density at radius 3 is 2.90 bits per heavy atom. The molecule has 0 N–H and O–H groups in total. The zero-order valence-electron chi connectivity index (χ0n) is 11.8. The Kier molecular flexibility index (Phi) is 4.26. The number of rotatable bonds is 3. The van der Waals surface area contributed by atoms with Crippen molar-refractivity contribution in [3.63, 3.8) is 0 Å². The van der Waals surface area contributed by atoms with Crippen LogP contribution in [0.3, 0.4) is 0 Å².